The van der Waals surface area contributed by atoms with Crippen LogP contribution >= 0.6 is 11.6 Å². The fraction of sp³-hybridized carbons (Fsp3) is 0.400. The van der Waals surface area contributed by atoms with Crippen LogP contribution in [0.5, 0.6) is 5.75 Å². The number of hydrogen-bond acceptors (Lipinski definition) is 6. The number of benzene rings is 2. The van der Waals surface area contributed by atoms with Gasteiger partial charge in [0.05, 0.1) is 28.4 Å². The minimum atomic E-state index is 0.615. The molecule has 33 heavy (non-hydrogen) atoms. The standard InChI is InChI=1S/C25H29ClN6O/c1-4-13-33-19-6-7-21(26)20(15-19)25-29-28-24-17(2)27-22-8-5-18(14-23(22)32(24)25)16-31-11-9-30(3)10-12-31/h5-8,14-15H,4,9-13,16H2,1-3H3. The second kappa shape index (κ2) is 9.25. The van der Waals surface area contributed by atoms with Gasteiger partial charge >= 0.3 is 0 Å². The molecular weight excluding hydrogens is 436 g/mol. The predicted octanol–water partition coefficient (Wildman–Crippen LogP) is 4.44. The van der Waals surface area contributed by atoms with E-state index in [2.05, 4.69) is 56.6 Å². The number of aryl methyl sites for hydroxylation is 1. The molecule has 7 nitrogen and oxygen atoms in total. The minimum Gasteiger partial charge on any atom is -0.494 e. The van der Waals surface area contributed by atoms with E-state index < -0.39 is 0 Å². The van der Waals surface area contributed by atoms with Gasteiger partial charge in [-0.15, -0.1) is 10.2 Å². The fourth-order valence-electron chi connectivity index (χ4n) is 4.34. The number of likely N-dealkylation sites (N-methyl/N-ethyl adjacent to an activating group) is 1. The van der Waals surface area contributed by atoms with Crippen LogP contribution in [0.4, 0.5) is 0 Å². The first kappa shape index (κ1) is 22.1. The number of ether oxygens (including phenoxy) is 1. The van der Waals surface area contributed by atoms with Crippen LogP contribution < -0.4 is 4.74 Å². The van der Waals surface area contributed by atoms with Crippen LogP contribution in [-0.2, 0) is 6.54 Å². The van der Waals surface area contributed by atoms with Crippen molar-refractivity contribution in [1.82, 2.24) is 29.4 Å². The Morgan fingerprint density at radius 2 is 1.85 bits per heavy atom. The van der Waals surface area contributed by atoms with E-state index >= 15 is 0 Å². The van der Waals surface area contributed by atoms with E-state index in [1.165, 1.54) is 5.56 Å². The molecule has 2 aromatic heterocycles. The van der Waals surface area contributed by atoms with Crippen LogP contribution in [0.1, 0.15) is 24.6 Å². The lowest BCUT2D eigenvalue weighted by atomic mass is 10.1. The Bertz CT molecular complexity index is 1300. The average molecular weight is 465 g/mol. The molecule has 0 amide bonds. The third-order valence-electron chi connectivity index (χ3n) is 6.21. The van der Waals surface area contributed by atoms with Gasteiger partial charge < -0.3 is 9.64 Å². The topological polar surface area (TPSA) is 58.8 Å². The Balaban J connectivity index is 1.60. The van der Waals surface area contributed by atoms with Gasteiger partial charge in [-0.3, -0.25) is 9.30 Å². The summed E-state index contributed by atoms with van der Waals surface area (Å²) in [7, 11) is 2.18. The molecule has 172 valence electrons. The van der Waals surface area contributed by atoms with Gasteiger partial charge in [-0.2, -0.15) is 0 Å². The lowest BCUT2D eigenvalue weighted by molar-refractivity contribution is 0.148. The maximum Gasteiger partial charge on any atom is 0.183 e. The van der Waals surface area contributed by atoms with Gasteiger partial charge in [0.25, 0.3) is 0 Å². The van der Waals surface area contributed by atoms with E-state index in [0.717, 1.165) is 72.8 Å². The fourth-order valence-corrected chi connectivity index (χ4v) is 4.54. The average Bonchev–Trinajstić information content (AvgIpc) is 3.26. The number of aromatic nitrogens is 4. The second-order valence-corrected chi connectivity index (χ2v) is 9.18. The zero-order chi connectivity index (χ0) is 22.9. The third-order valence-corrected chi connectivity index (χ3v) is 6.54. The van der Waals surface area contributed by atoms with Crippen LogP contribution in [0.25, 0.3) is 28.1 Å². The van der Waals surface area contributed by atoms with Crippen molar-refractivity contribution in [2.24, 2.45) is 0 Å². The van der Waals surface area contributed by atoms with E-state index in [-0.39, 0.29) is 0 Å². The summed E-state index contributed by atoms with van der Waals surface area (Å²) in [4.78, 5) is 9.66. The molecule has 4 aromatic rings. The van der Waals surface area contributed by atoms with Gasteiger partial charge in [-0.1, -0.05) is 24.6 Å². The molecular formula is C25H29ClN6O. The molecule has 0 aliphatic carbocycles. The van der Waals surface area contributed by atoms with Gasteiger partial charge in [0.1, 0.15) is 5.75 Å². The van der Waals surface area contributed by atoms with Crippen molar-refractivity contribution >= 4 is 28.3 Å². The van der Waals surface area contributed by atoms with Crippen LogP contribution in [0, 0.1) is 6.92 Å². The van der Waals surface area contributed by atoms with Crippen LogP contribution in [0.2, 0.25) is 5.02 Å². The van der Waals surface area contributed by atoms with Crippen molar-refractivity contribution in [3.8, 4) is 17.1 Å². The highest BCUT2D eigenvalue weighted by molar-refractivity contribution is 6.33. The molecule has 1 aliphatic rings. The van der Waals surface area contributed by atoms with Gasteiger partial charge in [0.2, 0.25) is 0 Å². The number of fused-ring (bicyclic) bond motifs is 3. The minimum absolute atomic E-state index is 0.615. The van der Waals surface area contributed by atoms with Crippen LogP contribution in [0.15, 0.2) is 36.4 Å². The molecule has 1 saturated heterocycles. The van der Waals surface area contributed by atoms with Crippen molar-refractivity contribution in [1.29, 1.82) is 0 Å². The Hall–Kier alpha value is -2.74. The quantitative estimate of drug-likeness (QED) is 0.420. The smallest absolute Gasteiger partial charge is 0.183 e. The third kappa shape index (κ3) is 4.40. The molecule has 0 bridgehead atoms. The molecule has 0 radical (unpaired) electrons. The number of hydrogen-bond donors (Lipinski definition) is 0. The molecule has 0 N–H and O–H groups in total. The molecule has 1 fully saturated rings. The Morgan fingerprint density at radius 3 is 2.64 bits per heavy atom. The van der Waals surface area contributed by atoms with Gasteiger partial charge in [0.15, 0.2) is 11.5 Å². The van der Waals surface area contributed by atoms with Crippen LogP contribution in [-0.4, -0.2) is 69.2 Å². The normalized spacial score (nSPS) is 15.5. The summed E-state index contributed by atoms with van der Waals surface area (Å²) in [5.41, 5.74) is 5.53. The summed E-state index contributed by atoms with van der Waals surface area (Å²) in [6.07, 6.45) is 0.942. The molecule has 0 unspecified atom stereocenters. The summed E-state index contributed by atoms with van der Waals surface area (Å²) in [5, 5.41) is 9.61. The second-order valence-electron chi connectivity index (χ2n) is 8.77. The molecule has 1 aliphatic heterocycles. The van der Waals surface area contributed by atoms with Crippen molar-refractivity contribution < 1.29 is 4.74 Å². The lowest BCUT2D eigenvalue weighted by Gasteiger charge is -2.32. The summed E-state index contributed by atoms with van der Waals surface area (Å²) >= 11 is 6.62. The SMILES string of the molecule is CCCOc1ccc(Cl)c(-c2nnc3c(C)nc4ccc(CN5CCN(C)CC5)cc4n23)c1. The lowest BCUT2D eigenvalue weighted by Crippen LogP contribution is -2.43. The zero-order valence-electron chi connectivity index (χ0n) is 19.4. The van der Waals surface area contributed by atoms with Gasteiger partial charge in [0, 0.05) is 38.3 Å². The van der Waals surface area contributed by atoms with Crippen molar-refractivity contribution in [2.75, 3.05) is 39.8 Å². The highest BCUT2D eigenvalue weighted by Gasteiger charge is 2.19. The molecule has 2 aromatic carbocycles. The monoisotopic (exact) mass is 464 g/mol. The Morgan fingerprint density at radius 1 is 1.03 bits per heavy atom. The zero-order valence-corrected chi connectivity index (χ0v) is 20.1. The van der Waals surface area contributed by atoms with Gasteiger partial charge in [-0.25, -0.2) is 4.98 Å². The van der Waals surface area contributed by atoms with E-state index in [1.807, 2.05) is 25.1 Å². The van der Waals surface area contributed by atoms with E-state index in [9.17, 15) is 0 Å². The molecule has 8 heteroatoms. The summed E-state index contributed by atoms with van der Waals surface area (Å²) < 4.78 is 7.93. The van der Waals surface area contributed by atoms with E-state index in [4.69, 9.17) is 21.3 Å². The van der Waals surface area contributed by atoms with Crippen molar-refractivity contribution in [3.05, 3.63) is 52.7 Å². The highest BCUT2D eigenvalue weighted by Crippen LogP contribution is 2.33. The Kier molecular flexibility index (Phi) is 6.19. The molecule has 0 saturated carbocycles. The van der Waals surface area contributed by atoms with E-state index in [1.54, 1.807) is 0 Å². The number of nitrogens with zero attached hydrogens (tertiary/aromatic N) is 6. The Labute approximate surface area is 198 Å². The molecule has 5 rings (SSSR count). The number of piperazine rings is 1. The first-order chi connectivity index (χ1) is 16.0. The van der Waals surface area contributed by atoms with Crippen molar-refractivity contribution in [2.45, 2.75) is 26.8 Å². The molecule has 0 spiro atoms. The summed E-state index contributed by atoms with van der Waals surface area (Å²) in [6, 6.07) is 12.2. The first-order valence-electron chi connectivity index (χ1n) is 11.5. The number of halogens is 1. The first-order valence-corrected chi connectivity index (χ1v) is 11.9. The summed E-state index contributed by atoms with van der Waals surface area (Å²) in [6.45, 7) is 9.98. The number of rotatable bonds is 6. The van der Waals surface area contributed by atoms with Crippen molar-refractivity contribution in [3.63, 3.8) is 0 Å². The molecule has 3 heterocycles. The largest absolute Gasteiger partial charge is 0.494 e. The highest BCUT2D eigenvalue weighted by atomic mass is 35.5. The summed E-state index contributed by atoms with van der Waals surface area (Å²) in [5.74, 6) is 1.48. The maximum atomic E-state index is 6.62. The predicted molar refractivity (Wildman–Crippen MR) is 132 cm³/mol. The van der Waals surface area contributed by atoms with Gasteiger partial charge in [-0.05, 0) is 56.3 Å². The van der Waals surface area contributed by atoms with E-state index in [0.29, 0.717) is 17.5 Å². The maximum absolute atomic E-state index is 6.62. The van der Waals surface area contributed by atoms with Crippen LogP contribution in [0.3, 0.4) is 0 Å². The molecule has 0 atom stereocenters.